The Bertz CT molecular complexity index is 523. The third-order valence-electron chi connectivity index (χ3n) is 3.99. The van der Waals surface area contributed by atoms with Gasteiger partial charge in [0, 0.05) is 12.3 Å². The predicted molar refractivity (Wildman–Crippen MR) is 66.6 cm³/mol. The van der Waals surface area contributed by atoms with Crippen LogP contribution in [0.5, 0.6) is 0 Å². The van der Waals surface area contributed by atoms with Crippen molar-refractivity contribution < 1.29 is 26.7 Å². The number of hydrogen-bond acceptors (Lipinski definition) is 1. The van der Waals surface area contributed by atoms with Crippen molar-refractivity contribution >= 4 is 5.78 Å². The van der Waals surface area contributed by atoms with Gasteiger partial charge in [0.25, 0.3) is 0 Å². The zero-order valence-electron chi connectivity index (χ0n) is 11.2. The molecule has 6 heteroatoms. The average molecular weight is 306 g/mol. The Balaban J connectivity index is 2.05. The van der Waals surface area contributed by atoms with Crippen LogP contribution < -0.4 is 0 Å². The largest absolute Gasteiger partial charge is 0.391 e. The Morgan fingerprint density at radius 1 is 1.19 bits per heavy atom. The molecule has 1 aromatic rings. The van der Waals surface area contributed by atoms with Gasteiger partial charge in [-0.3, -0.25) is 4.79 Å². The second-order valence-electron chi connectivity index (χ2n) is 5.46. The molecule has 0 amide bonds. The fourth-order valence-electron chi connectivity index (χ4n) is 2.80. The highest BCUT2D eigenvalue weighted by molar-refractivity contribution is 5.83. The predicted octanol–water partition coefficient (Wildman–Crippen LogP) is 4.45. The Morgan fingerprint density at radius 2 is 1.90 bits per heavy atom. The molecule has 0 bridgehead atoms. The van der Waals surface area contributed by atoms with Crippen LogP contribution >= 0.6 is 0 Å². The summed E-state index contributed by atoms with van der Waals surface area (Å²) in [7, 11) is 0. The van der Waals surface area contributed by atoms with Crippen LogP contribution in [0.2, 0.25) is 0 Å². The Kier molecular flexibility index (Phi) is 4.64. The summed E-state index contributed by atoms with van der Waals surface area (Å²) in [5, 5.41) is 0. The summed E-state index contributed by atoms with van der Waals surface area (Å²) in [6.07, 6.45) is -4.18. The molecule has 1 aliphatic carbocycles. The van der Waals surface area contributed by atoms with Crippen molar-refractivity contribution in [3.63, 3.8) is 0 Å². The molecule has 1 nitrogen and oxygen atoms in total. The lowest BCUT2D eigenvalue weighted by Gasteiger charge is -2.29. The van der Waals surface area contributed by atoms with Crippen molar-refractivity contribution in [2.24, 2.45) is 11.8 Å². The first kappa shape index (κ1) is 15.9. The van der Waals surface area contributed by atoms with Crippen molar-refractivity contribution in [3.8, 4) is 0 Å². The minimum atomic E-state index is -4.30. The van der Waals surface area contributed by atoms with Crippen molar-refractivity contribution in [1.82, 2.24) is 0 Å². The van der Waals surface area contributed by atoms with Gasteiger partial charge in [-0.15, -0.1) is 0 Å². The molecule has 0 radical (unpaired) electrons. The van der Waals surface area contributed by atoms with E-state index in [1.54, 1.807) is 0 Å². The zero-order chi connectivity index (χ0) is 15.6. The van der Waals surface area contributed by atoms with Gasteiger partial charge in [-0.2, -0.15) is 13.2 Å². The van der Waals surface area contributed by atoms with Crippen molar-refractivity contribution in [1.29, 1.82) is 0 Å². The maximum atomic E-state index is 13.5. The van der Waals surface area contributed by atoms with Gasteiger partial charge in [0.05, 0.1) is 5.92 Å². The highest BCUT2D eigenvalue weighted by Gasteiger charge is 2.43. The fraction of sp³-hybridized carbons (Fsp3) is 0.533. The van der Waals surface area contributed by atoms with Crippen molar-refractivity contribution in [2.75, 3.05) is 0 Å². The van der Waals surface area contributed by atoms with Crippen molar-refractivity contribution in [3.05, 3.63) is 35.4 Å². The molecule has 0 saturated heterocycles. The number of carbonyl (C=O) groups is 1. The SMILES string of the molecule is O=C(Cc1cccc(F)c1F)C1CCCC(C(F)(F)F)C1. The molecule has 2 rings (SSSR count). The zero-order valence-corrected chi connectivity index (χ0v) is 11.2. The molecular formula is C15H15F5O. The minimum Gasteiger partial charge on any atom is -0.299 e. The van der Waals surface area contributed by atoms with Gasteiger partial charge in [-0.1, -0.05) is 18.6 Å². The molecule has 1 aliphatic rings. The standard InChI is InChI=1S/C15H15F5O/c16-12-6-2-4-10(14(12)17)8-13(21)9-3-1-5-11(7-9)15(18,19)20/h2,4,6,9,11H,1,3,5,7-8H2. The number of halogens is 5. The van der Waals surface area contributed by atoms with E-state index in [1.165, 1.54) is 12.1 Å². The monoisotopic (exact) mass is 306 g/mol. The van der Waals surface area contributed by atoms with E-state index in [1.807, 2.05) is 0 Å². The number of carbonyl (C=O) groups excluding carboxylic acids is 1. The highest BCUT2D eigenvalue weighted by atomic mass is 19.4. The third-order valence-corrected chi connectivity index (χ3v) is 3.99. The molecule has 1 saturated carbocycles. The molecule has 2 atom stereocenters. The minimum absolute atomic E-state index is 0.0294. The highest BCUT2D eigenvalue weighted by Crippen LogP contribution is 2.40. The lowest BCUT2D eigenvalue weighted by molar-refractivity contribution is -0.186. The van der Waals surface area contributed by atoms with Gasteiger partial charge in [0.2, 0.25) is 0 Å². The first-order valence-electron chi connectivity index (χ1n) is 6.81. The van der Waals surface area contributed by atoms with Crippen LogP contribution in [0.3, 0.4) is 0 Å². The molecule has 2 unspecified atom stereocenters. The van der Waals surface area contributed by atoms with E-state index in [0.717, 1.165) is 6.07 Å². The van der Waals surface area contributed by atoms with Crippen LogP contribution in [-0.4, -0.2) is 12.0 Å². The Hall–Kier alpha value is -1.46. The van der Waals surface area contributed by atoms with Gasteiger partial charge >= 0.3 is 6.18 Å². The van der Waals surface area contributed by atoms with E-state index >= 15 is 0 Å². The number of rotatable bonds is 3. The molecule has 1 aromatic carbocycles. The lowest BCUT2D eigenvalue weighted by atomic mass is 9.78. The van der Waals surface area contributed by atoms with Crippen LogP contribution in [0.1, 0.15) is 31.2 Å². The van der Waals surface area contributed by atoms with Gasteiger partial charge in [-0.05, 0) is 30.9 Å². The van der Waals surface area contributed by atoms with Gasteiger partial charge < -0.3 is 0 Å². The van der Waals surface area contributed by atoms with E-state index in [0.29, 0.717) is 12.8 Å². The van der Waals surface area contributed by atoms with Gasteiger partial charge in [0.1, 0.15) is 5.78 Å². The lowest BCUT2D eigenvalue weighted by Crippen LogP contribution is -2.32. The third kappa shape index (κ3) is 3.80. The maximum Gasteiger partial charge on any atom is 0.391 e. The van der Waals surface area contributed by atoms with Gasteiger partial charge in [-0.25, -0.2) is 8.78 Å². The van der Waals surface area contributed by atoms with Crippen LogP contribution in [0.15, 0.2) is 18.2 Å². The normalized spacial score (nSPS) is 23.1. The Morgan fingerprint density at radius 3 is 2.57 bits per heavy atom. The van der Waals surface area contributed by atoms with Crippen molar-refractivity contribution in [2.45, 2.75) is 38.3 Å². The number of hydrogen-bond donors (Lipinski definition) is 0. The van der Waals surface area contributed by atoms with Crippen LogP contribution in [0.25, 0.3) is 0 Å². The van der Waals surface area contributed by atoms with E-state index in [-0.39, 0.29) is 24.8 Å². The molecule has 1 fully saturated rings. The van der Waals surface area contributed by atoms with E-state index in [4.69, 9.17) is 0 Å². The van der Waals surface area contributed by atoms with E-state index < -0.39 is 35.4 Å². The molecule has 0 aliphatic heterocycles. The molecule has 0 spiro atoms. The summed E-state index contributed by atoms with van der Waals surface area (Å²) in [5.41, 5.74) is -0.103. The van der Waals surface area contributed by atoms with E-state index in [9.17, 15) is 26.7 Å². The number of alkyl halides is 3. The number of ketones is 1. The van der Waals surface area contributed by atoms with Crippen LogP contribution in [0.4, 0.5) is 22.0 Å². The average Bonchev–Trinajstić information content (AvgIpc) is 2.43. The maximum absolute atomic E-state index is 13.5. The first-order valence-corrected chi connectivity index (χ1v) is 6.81. The number of Topliss-reactive ketones (excluding diaryl/α,β-unsaturated/α-hetero) is 1. The summed E-state index contributed by atoms with van der Waals surface area (Å²) in [6, 6.07) is 3.49. The fourth-order valence-corrected chi connectivity index (χ4v) is 2.80. The van der Waals surface area contributed by atoms with Gasteiger partial charge in [0.15, 0.2) is 11.6 Å². The van der Waals surface area contributed by atoms with E-state index in [2.05, 4.69) is 0 Å². The number of benzene rings is 1. The summed E-state index contributed by atoms with van der Waals surface area (Å²) in [6.45, 7) is 0. The quantitative estimate of drug-likeness (QED) is 0.754. The molecular weight excluding hydrogens is 291 g/mol. The summed E-state index contributed by atoms with van der Waals surface area (Å²) in [4.78, 5) is 12.0. The molecule has 21 heavy (non-hydrogen) atoms. The summed E-state index contributed by atoms with van der Waals surface area (Å²) < 4.78 is 64.6. The summed E-state index contributed by atoms with van der Waals surface area (Å²) >= 11 is 0. The molecule has 0 N–H and O–H groups in total. The second kappa shape index (κ2) is 6.12. The van der Waals surface area contributed by atoms with Crippen LogP contribution in [0, 0.1) is 23.5 Å². The second-order valence-corrected chi connectivity index (χ2v) is 5.46. The topological polar surface area (TPSA) is 17.1 Å². The first-order chi connectivity index (χ1) is 9.79. The molecule has 0 heterocycles. The van der Waals surface area contributed by atoms with Crippen LogP contribution in [-0.2, 0) is 11.2 Å². The molecule has 116 valence electrons. The Labute approximate surface area is 119 Å². The summed E-state index contributed by atoms with van der Waals surface area (Å²) in [5.74, 6) is -4.81. The smallest absolute Gasteiger partial charge is 0.299 e. The molecule has 0 aromatic heterocycles.